The number of amides is 1. The first-order valence-corrected chi connectivity index (χ1v) is 7.20. The van der Waals surface area contributed by atoms with Crippen molar-refractivity contribution in [2.75, 3.05) is 19.8 Å². The molecular formula is C14H17ClN4O2. The molecule has 21 heavy (non-hydrogen) atoms. The molecule has 0 bridgehead atoms. The molecule has 0 radical (unpaired) electrons. The van der Waals surface area contributed by atoms with Gasteiger partial charge in [0.05, 0.1) is 30.0 Å². The minimum absolute atomic E-state index is 0.0739. The third kappa shape index (κ3) is 2.56. The van der Waals surface area contributed by atoms with E-state index in [-0.39, 0.29) is 11.9 Å². The number of carbonyl (C=O) groups excluding carboxylic acids is 1. The summed E-state index contributed by atoms with van der Waals surface area (Å²) in [5, 5.41) is 7.71. The van der Waals surface area contributed by atoms with Crippen LogP contribution >= 0.6 is 11.6 Å². The van der Waals surface area contributed by atoms with Crippen LogP contribution in [0, 0.1) is 13.8 Å². The van der Waals surface area contributed by atoms with E-state index < -0.39 is 0 Å². The van der Waals surface area contributed by atoms with Crippen LogP contribution in [0.15, 0.2) is 12.3 Å². The zero-order chi connectivity index (χ0) is 15.0. The van der Waals surface area contributed by atoms with Crippen molar-refractivity contribution in [2.45, 2.75) is 19.9 Å². The molecule has 0 aliphatic carbocycles. The Hall–Kier alpha value is -1.79. The fraction of sp³-hybridized carbons (Fsp3) is 0.429. The second-order valence-corrected chi connectivity index (χ2v) is 5.60. The van der Waals surface area contributed by atoms with Gasteiger partial charge < -0.3 is 14.6 Å². The minimum atomic E-state index is -0.132. The van der Waals surface area contributed by atoms with Crippen molar-refractivity contribution in [2.24, 2.45) is 0 Å². The van der Waals surface area contributed by atoms with Crippen LogP contribution in [0.1, 0.15) is 33.5 Å². The summed E-state index contributed by atoms with van der Waals surface area (Å²) in [7, 11) is 0. The lowest BCUT2D eigenvalue weighted by molar-refractivity contribution is -0.00329. The van der Waals surface area contributed by atoms with Crippen molar-refractivity contribution < 1.29 is 9.53 Å². The summed E-state index contributed by atoms with van der Waals surface area (Å²) in [5.41, 5.74) is 3.38. The molecule has 1 aliphatic rings. The van der Waals surface area contributed by atoms with E-state index in [0.29, 0.717) is 30.5 Å². The third-order valence-corrected chi connectivity index (χ3v) is 4.00. The molecule has 0 aromatic carbocycles. The topological polar surface area (TPSA) is 74.0 Å². The van der Waals surface area contributed by atoms with Crippen molar-refractivity contribution in [3.63, 3.8) is 0 Å². The molecule has 1 saturated heterocycles. The highest BCUT2D eigenvalue weighted by Gasteiger charge is 2.32. The van der Waals surface area contributed by atoms with E-state index in [9.17, 15) is 4.79 Å². The molecule has 3 heterocycles. The minimum Gasteiger partial charge on any atom is -0.377 e. The van der Waals surface area contributed by atoms with Gasteiger partial charge in [0.1, 0.15) is 5.69 Å². The summed E-state index contributed by atoms with van der Waals surface area (Å²) in [6, 6.07) is 1.51. The SMILES string of the molecule is Cc1n[nH]c(C)c1[C@H]1COCCN1C(=O)c1cc(Cl)c[nH]1. The van der Waals surface area contributed by atoms with Crippen LogP contribution in [-0.2, 0) is 4.74 Å². The van der Waals surface area contributed by atoms with Crippen LogP contribution < -0.4 is 0 Å². The third-order valence-electron chi connectivity index (χ3n) is 3.79. The van der Waals surface area contributed by atoms with Gasteiger partial charge in [-0.2, -0.15) is 5.10 Å². The first-order valence-electron chi connectivity index (χ1n) is 6.82. The van der Waals surface area contributed by atoms with Crippen LogP contribution in [0.25, 0.3) is 0 Å². The highest BCUT2D eigenvalue weighted by Crippen LogP contribution is 2.29. The van der Waals surface area contributed by atoms with Crippen LogP contribution in [0.4, 0.5) is 0 Å². The number of rotatable bonds is 2. The van der Waals surface area contributed by atoms with Crippen LogP contribution in [0.2, 0.25) is 5.02 Å². The largest absolute Gasteiger partial charge is 0.377 e. The number of aromatic amines is 2. The number of hydrogen-bond donors (Lipinski definition) is 2. The normalized spacial score (nSPS) is 19.0. The molecule has 1 fully saturated rings. The summed E-state index contributed by atoms with van der Waals surface area (Å²) in [6.07, 6.45) is 1.61. The average molecular weight is 309 g/mol. The summed E-state index contributed by atoms with van der Waals surface area (Å²) in [4.78, 5) is 17.4. The first kappa shape index (κ1) is 14.2. The van der Waals surface area contributed by atoms with Crippen molar-refractivity contribution in [3.05, 3.63) is 39.9 Å². The quantitative estimate of drug-likeness (QED) is 0.893. The van der Waals surface area contributed by atoms with Gasteiger partial charge in [-0.1, -0.05) is 11.6 Å². The molecule has 0 spiro atoms. The number of halogens is 1. The zero-order valence-electron chi connectivity index (χ0n) is 11.9. The number of ether oxygens (including phenoxy) is 1. The van der Waals surface area contributed by atoms with Gasteiger partial charge >= 0.3 is 0 Å². The number of carbonyl (C=O) groups is 1. The van der Waals surface area contributed by atoms with E-state index in [4.69, 9.17) is 16.3 Å². The number of hydrogen-bond acceptors (Lipinski definition) is 3. The first-order chi connectivity index (χ1) is 10.1. The Bertz CT molecular complexity index is 644. The summed E-state index contributed by atoms with van der Waals surface area (Å²) >= 11 is 5.89. The molecule has 1 aliphatic heterocycles. The van der Waals surface area contributed by atoms with E-state index in [2.05, 4.69) is 15.2 Å². The molecule has 2 aromatic heterocycles. The van der Waals surface area contributed by atoms with Gasteiger partial charge in [0.2, 0.25) is 0 Å². The molecule has 3 rings (SSSR count). The molecule has 2 aromatic rings. The smallest absolute Gasteiger partial charge is 0.270 e. The highest BCUT2D eigenvalue weighted by atomic mass is 35.5. The number of aromatic nitrogens is 3. The maximum atomic E-state index is 12.7. The Morgan fingerprint density at radius 3 is 2.95 bits per heavy atom. The van der Waals surface area contributed by atoms with E-state index >= 15 is 0 Å². The van der Waals surface area contributed by atoms with Gasteiger partial charge in [-0.05, 0) is 19.9 Å². The van der Waals surface area contributed by atoms with Gasteiger partial charge in [0, 0.05) is 24.0 Å². The predicted octanol–water partition coefficient (Wildman–Crippen LogP) is 2.22. The Labute approximate surface area is 127 Å². The van der Waals surface area contributed by atoms with E-state index in [0.717, 1.165) is 17.0 Å². The van der Waals surface area contributed by atoms with E-state index in [1.54, 1.807) is 12.3 Å². The molecule has 1 amide bonds. The Kier molecular flexibility index (Phi) is 3.73. The monoisotopic (exact) mass is 308 g/mol. The van der Waals surface area contributed by atoms with Crippen LogP contribution in [-0.4, -0.2) is 45.7 Å². The molecule has 0 unspecified atom stereocenters. The van der Waals surface area contributed by atoms with Gasteiger partial charge in [0.25, 0.3) is 5.91 Å². The molecular weight excluding hydrogens is 292 g/mol. The number of nitrogens with zero attached hydrogens (tertiary/aromatic N) is 2. The summed E-state index contributed by atoms with van der Waals surface area (Å²) < 4.78 is 5.57. The number of nitrogens with one attached hydrogen (secondary N) is 2. The number of morpholine rings is 1. The lowest BCUT2D eigenvalue weighted by atomic mass is 10.0. The fourth-order valence-electron chi connectivity index (χ4n) is 2.78. The average Bonchev–Trinajstić information content (AvgIpc) is 3.05. The Balaban J connectivity index is 1.93. The van der Waals surface area contributed by atoms with Gasteiger partial charge in [-0.25, -0.2) is 0 Å². The maximum absolute atomic E-state index is 12.7. The van der Waals surface area contributed by atoms with Gasteiger partial charge in [-0.3, -0.25) is 9.89 Å². The second kappa shape index (κ2) is 5.54. The lowest BCUT2D eigenvalue weighted by Crippen LogP contribution is -2.43. The summed E-state index contributed by atoms with van der Waals surface area (Å²) in [6.45, 7) is 5.44. The Morgan fingerprint density at radius 2 is 2.33 bits per heavy atom. The van der Waals surface area contributed by atoms with E-state index in [1.165, 1.54) is 0 Å². The Morgan fingerprint density at radius 1 is 1.52 bits per heavy atom. The van der Waals surface area contributed by atoms with E-state index in [1.807, 2.05) is 18.7 Å². The summed E-state index contributed by atoms with van der Waals surface area (Å²) in [5.74, 6) is -0.0739. The van der Waals surface area contributed by atoms with Gasteiger partial charge in [-0.15, -0.1) is 0 Å². The second-order valence-electron chi connectivity index (χ2n) is 5.17. The molecule has 1 atom stereocenters. The maximum Gasteiger partial charge on any atom is 0.270 e. The molecule has 0 saturated carbocycles. The van der Waals surface area contributed by atoms with Crippen molar-refractivity contribution in [3.8, 4) is 0 Å². The highest BCUT2D eigenvalue weighted by molar-refractivity contribution is 6.30. The zero-order valence-corrected chi connectivity index (χ0v) is 12.7. The fourth-order valence-corrected chi connectivity index (χ4v) is 2.95. The molecule has 7 heteroatoms. The lowest BCUT2D eigenvalue weighted by Gasteiger charge is -2.35. The molecule has 112 valence electrons. The molecule has 6 nitrogen and oxygen atoms in total. The standard InChI is InChI=1S/C14H17ClN4O2/c1-8-13(9(2)18-17-8)12-7-21-4-3-19(12)14(20)11-5-10(15)6-16-11/h5-6,12,16H,3-4,7H2,1-2H3,(H,17,18)/t12-/m1/s1. The number of aryl methyl sites for hydroxylation is 2. The van der Waals surface area contributed by atoms with Crippen molar-refractivity contribution in [1.82, 2.24) is 20.1 Å². The van der Waals surface area contributed by atoms with Gasteiger partial charge in [0.15, 0.2) is 0 Å². The van der Waals surface area contributed by atoms with Crippen LogP contribution in [0.3, 0.4) is 0 Å². The molecule has 2 N–H and O–H groups in total. The van der Waals surface area contributed by atoms with Crippen LogP contribution in [0.5, 0.6) is 0 Å². The van der Waals surface area contributed by atoms with Crippen molar-refractivity contribution >= 4 is 17.5 Å². The van der Waals surface area contributed by atoms with Crippen molar-refractivity contribution in [1.29, 1.82) is 0 Å². The number of H-pyrrole nitrogens is 2. The predicted molar refractivity (Wildman–Crippen MR) is 78.5 cm³/mol.